The van der Waals surface area contributed by atoms with Crippen LogP contribution >= 0.6 is 0 Å². The van der Waals surface area contributed by atoms with Crippen molar-refractivity contribution < 1.29 is 0 Å². The fourth-order valence-corrected chi connectivity index (χ4v) is 0.676. The van der Waals surface area contributed by atoms with E-state index in [9.17, 15) is 0 Å². The van der Waals surface area contributed by atoms with Crippen molar-refractivity contribution in [3.63, 3.8) is 0 Å². The van der Waals surface area contributed by atoms with Gasteiger partial charge in [-0.25, -0.2) is 0 Å². The molecule has 0 aromatic carbocycles. The van der Waals surface area contributed by atoms with Crippen LogP contribution in [0.5, 0.6) is 0 Å². The van der Waals surface area contributed by atoms with E-state index in [-0.39, 0.29) is 0 Å². The van der Waals surface area contributed by atoms with E-state index in [1.165, 1.54) is 0 Å². The molecule has 1 nitrogen and oxygen atoms in total. The van der Waals surface area contributed by atoms with E-state index in [4.69, 9.17) is 5.26 Å². The highest BCUT2D eigenvalue weighted by Gasteiger charge is 1.86. The lowest BCUT2D eigenvalue weighted by molar-refractivity contribution is 0.663. The van der Waals surface area contributed by atoms with Crippen molar-refractivity contribution >= 4 is 0 Å². The average Bonchev–Trinajstić information content (AvgIpc) is 1.87. The number of hydrogen-bond acceptors (Lipinski definition) is 1. The summed E-state index contributed by atoms with van der Waals surface area (Å²) in [6, 6.07) is 1.99. The van der Waals surface area contributed by atoms with Crippen LogP contribution in [0.3, 0.4) is 0 Å². The molecule has 0 amide bonds. The van der Waals surface area contributed by atoms with Crippen LogP contribution in [0.25, 0.3) is 0 Å². The molecular formula is C10H15N. The van der Waals surface area contributed by atoms with Gasteiger partial charge in [0.05, 0.1) is 6.07 Å². The van der Waals surface area contributed by atoms with Crippen molar-refractivity contribution in [1.82, 2.24) is 0 Å². The second-order valence-electron chi connectivity index (χ2n) is 3.05. The molecule has 60 valence electrons. The van der Waals surface area contributed by atoms with Crippen molar-refractivity contribution in [3.8, 4) is 6.07 Å². The van der Waals surface area contributed by atoms with Crippen molar-refractivity contribution in [2.45, 2.75) is 27.2 Å². The van der Waals surface area contributed by atoms with Gasteiger partial charge in [0, 0.05) is 6.08 Å². The number of hydrogen-bond donors (Lipinski definition) is 0. The highest BCUT2D eigenvalue weighted by Crippen LogP contribution is 2.02. The average molecular weight is 149 g/mol. The second-order valence-corrected chi connectivity index (χ2v) is 3.05. The maximum absolute atomic E-state index is 8.28. The first kappa shape index (κ1) is 9.97. The van der Waals surface area contributed by atoms with Gasteiger partial charge in [0.1, 0.15) is 0 Å². The highest BCUT2D eigenvalue weighted by molar-refractivity contribution is 5.22. The minimum Gasteiger partial charge on any atom is -0.193 e. The molecule has 0 rings (SSSR count). The first-order valence-electron chi connectivity index (χ1n) is 3.89. The lowest BCUT2D eigenvalue weighted by Gasteiger charge is -1.95. The normalized spacial score (nSPS) is 12.5. The molecule has 0 saturated heterocycles. The molecular weight excluding hydrogens is 134 g/mol. The summed E-state index contributed by atoms with van der Waals surface area (Å²) in [5.41, 5.74) is 1.02. The van der Waals surface area contributed by atoms with Crippen LogP contribution in [0.1, 0.15) is 27.2 Å². The quantitative estimate of drug-likeness (QED) is 0.447. The summed E-state index contributed by atoms with van der Waals surface area (Å²) in [5, 5.41) is 8.28. The molecule has 0 radical (unpaired) electrons. The van der Waals surface area contributed by atoms with Gasteiger partial charge < -0.3 is 0 Å². The Hall–Kier alpha value is -1.03. The first-order valence-corrected chi connectivity index (χ1v) is 3.89. The summed E-state index contributed by atoms with van der Waals surface area (Å²) in [5.74, 6) is 0.695. The van der Waals surface area contributed by atoms with Crippen molar-refractivity contribution in [1.29, 1.82) is 5.26 Å². The third-order valence-corrected chi connectivity index (χ3v) is 1.28. The Morgan fingerprint density at radius 2 is 2.18 bits per heavy atom. The molecule has 0 aliphatic heterocycles. The Kier molecular flexibility index (Phi) is 5.20. The zero-order chi connectivity index (χ0) is 8.69. The molecule has 1 heteroatoms. The Morgan fingerprint density at radius 1 is 1.55 bits per heavy atom. The van der Waals surface area contributed by atoms with Crippen LogP contribution in [0.2, 0.25) is 0 Å². The molecule has 0 atom stereocenters. The molecule has 0 aliphatic rings. The van der Waals surface area contributed by atoms with E-state index >= 15 is 0 Å². The molecule has 0 spiro atoms. The van der Waals surface area contributed by atoms with E-state index in [2.05, 4.69) is 19.9 Å². The van der Waals surface area contributed by atoms with Crippen LogP contribution in [-0.4, -0.2) is 0 Å². The number of nitriles is 1. The van der Waals surface area contributed by atoms with Crippen molar-refractivity contribution in [3.05, 3.63) is 23.8 Å². The van der Waals surface area contributed by atoms with Gasteiger partial charge in [-0.05, 0) is 24.8 Å². The number of rotatable bonds is 3. The van der Waals surface area contributed by atoms with Crippen molar-refractivity contribution in [2.75, 3.05) is 0 Å². The standard InChI is InChI=1S/C10H15N/c1-9(2)5-4-6-10(3)7-8-11/h4,6-7,9H,5H2,1-3H3. The smallest absolute Gasteiger partial charge is 0.0914 e. The summed E-state index contributed by atoms with van der Waals surface area (Å²) in [6.07, 6.45) is 6.73. The lowest BCUT2D eigenvalue weighted by Crippen LogP contribution is -1.81. The molecule has 0 heterocycles. The first-order chi connectivity index (χ1) is 5.16. The second kappa shape index (κ2) is 5.73. The zero-order valence-electron chi connectivity index (χ0n) is 7.46. The van der Waals surface area contributed by atoms with E-state index < -0.39 is 0 Å². The minimum atomic E-state index is 0.695. The van der Waals surface area contributed by atoms with Gasteiger partial charge in [-0.1, -0.05) is 26.0 Å². The van der Waals surface area contributed by atoms with Crippen LogP contribution in [-0.2, 0) is 0 Å². The van der Waals surface area contributed by atoms with Crippen LogP contribution in [0, 0.1) is 17.2 Å². The Morgan fingerprint density at radius 3 is 2.64 bits per heavy atom. The van der Waals surface area contributed by atoms with E-state index in [0.717, 1.165) is 12.0 Å². The predicted octanol–water partition coefficient (Wildman–Crippen LogP) is 3.06. The van der Waals surface area contributed by atoms with Gasteiger partial charge in [0.25, 0.3) is 0 Å². The maximum Gasteiger partial charge on any atom is 0.0914 e. The summed E-state index contributed by atoms with van der Waals surface area (Å²) >= 11 is 0. The molecule has 0 aliphatic carbocycles. The number of allylic oxidation sites excluding steroid dienone is 4. The molecule has 0 saturated carbocycles. The Balaban J connectivity index is 3.76. The SMILES string of the molecule is CC(C=CCC(C)C)=CC#N. The third-order valence-electron chi connectivity index (χ3n) is 1.28. The molecule has 0 aromatic rings. The number of nitrogens with zero attached hydrogens (tertiary/aromatic N) is 1. The van der Waals surface area contributed by atoms with Gasteiger partial charge in [0.15, 0.2) is 0 Å². The van der Waals surface area contributed by atoms with Gasteiger partial charge >= 0.3 is 0 Å². The monoisotopic (exact) mass is 149 g/mol. The summed E-state index contributed by atoms with van der Waals surface area (Å²) in [4.78, 5) is 0. The van der Waals surface area contributed by atoms with E-state index in [1.807, 2.05) is 19.1 Å². The lowest BCUT2D eigenvalue weighted by atomic mass is 10.1. The molecule has 11 heavy (non-hydrogen) atoms. The Labute approximate surface area is 69.0 Å². The summed E-state index contributed by atoms with van der Waals surface area (Å²) < 4.78 is 0. The Bertz CT molecular complexity index is 191. The molecule has 0 aromatic heterocycles. The van der Waals surface area contributed by atoms with Crippen LogP contribution < -0.4 is 0 Å². The van der Waals surface area contributed by atoms with Crippen molar-refractivity contribution in [2.24, 2.45) is 5.92 Å². The maximum atomic E-state index is 8.28. The van der Waals surface area contributed by atoms with Gasteiger partial charge in [-0.15, -0.1) is 0 Å². The topological polar surface area (TPSA) is 23.8 Å². The van der Waals surface area contributed by atoms with Gasteiger partial charge in [-0.2, -0.15) is 5.26 Å². The molecule has 0 fully saturated rings. The fourth-order valence-electron chi connectivity index (χ4n) is 0.676. The highest BCUT2D eigenvalue weighted by atomic mass is 14.2. The van der Waals surface area contributed by atoms with Gasteiger partial charge in [0.2, 0.25) is 0 Å². The minimum absolute atomic E-state index is 0.695. The van der Waals surface area contributed by atoms with E-state index in [1.54, 1.807) is 6.08 Å². The summed E-state index contributed by atoms with van der Waals surface area (Å²) in [7, 11) is 0. The molecule has 0 unspecified atom stereocenters. The third kappa shape index (κ3) is 6.86. The fraction of sp³-hybridized carbons (Fsp3) is 0.500. The van der Waals surface area contributed by atoms with Crippen LogP contribution in [0.4, 0.5) is 0 Å². The van der Waals surface area contributed by atoms with Gasteiger partial charge in [-0.3, -0.25) is 0 Å². The largest absolute Gasteiger partial charge is 0.193 e. The van der Waals surface area contributed by atoms with Crippen LogP contribution in [0.15, 0.2) is 23.8 Å². The summed E-state index contributed by atoms with van der Waals surface area (Å²) in [6.45, 7) is 6.28. The van der Waals surface area contributed by atoms with E-state index in [0.29, 0.717) is 5.92 Å². The molecule has 0 N–H and O–H groups in total. The zero-order valence-corrected chi connectivity index (χ0v) is 7.46. The predicted molar refractivity (Wildman–Crippen MR) is 48.0 cm³/mol. The molecule has 0 bridgehead atoms.